The van der Waals surface area contributed by atoms with E-state index >= 15 is 0 Å². The molecule has 0 fully saturated rings. The molecule has 140 valence electrons. The van der Waals surface area contributed by atoms with Gasteiger partial charge in [0.2, 0.25) is 0 Å². The largest absolute Gasteiger partial charge is 0.391 e. The van der Waals surface area contributed by atoms with E-state index in [1.165, 1.54) is 17.2 Å². The number of aromatic amines is 1. The Balaban J connectivity index is 2.49. The quantitative estimate of drug-likeness (QED) is 0.254. The molecule has 0 aliphatic heterocycles. The summed E-state index contributed by atoms with van der Waals surface area (Å²) in [5.74, 6) is -0.0756. The molecule has 0 radical (unpaired) electrons. The Hall–Kier alpha value is -1.59. The summed E-state index contributed by atoms with van der Waals surface area (Å²) in [6, 6.07) is 1.43. The van der Waals surface area contributed by atoms with Gasteiger partial charge >= 0.3 is 5.82 Å². The van der Waals surface area contributed by atoms with Crippen molar-refractivity contribution in [1.82, 2.24) is 4.98 Å². The molecule has 0 aliphatic rings. The van der Waals surface area contributed by atoms with Crippen LogP contribution in [0.5, 0.6) is 0 Å². The van der Waals surface area contributed by atoms with Crippen molar-refractivity contribution in [1.29, 1.82) is 0 Å². The van der Waals surface area contributed by atoms with E-state index in [0.717, 1.165) is 19.3 Å². The first-order valence-corrected chi connectivity index (χ1v) is 8.97. The maximum atomic E-state index is 10.7. The van der Waals surface area contributed by atoms with E-state index in [9.17, 15) is 15.2 Å². The Morgan fingerprint density at radius 2 is 2.08 bits per heavy atom. The van der Waals surface area contributed by atoms with Crippen molar-refractivity contribution in [2.24, 2.45) is 0 Å². The summed E-state index contributed by atoms with van der Waals surface area (Å²) in [5, 5.41) is 21.1. The molecule has 25 heavy (non-hydrogen) atoms. The highest BCUT2D eigenvalue weighted by molar-refractivity contribution is 6.24. The first-order valence-electron chi connectivity index (χ1n) is 8.59. The number of hydrogen-bond donors (Lipinski definition) is 2. The first kappa shape index (κ1) is 21.5. The van der Waals surface area contributed by atoms with Gasteiger partial charge < -0.3 is 15.2 Å². The smallest absolute Gasteiger partial charge is 0.321 e. The monoisotopic (exact) mass is 368 g/mol. The van der Waals surface area contributed by atoms with E-state index in [2.05, 4.69) is 37.9 Å². The number of H-pyrrole nitrogens is 1. The molecule has 0 saturated carbocycles. The first-order chi connectivity index (χ1) is 11.6. The fourth-order valence-corrected chi connectivity index (χ4v) is 2.73. The van der Waals surface area contributed by atoms with Crippen LogP contribution < -0.4 is 0 Å². The molecular formula is C19H29ClN2O3. The van der Waals surface area contributed by atoms with Crippen LogP contribution in [0.25, 0.3) is 0 Å². The topological polar surface area (TPSA) is 79.2 Å². The number of alkyl halides is 1. The molecule has 0 aromatic carbocycles. The summed E-state index contributed by atoms with van der Waals surface area (Å²) in [6.45, 7) is 8.11. The number of hydrogen-bond acceptors (Lipinski definition) is 3. The van der Waals surface area contributed by atoms with Crippen molar-refractivity contribution in [2.45, 2.75) is 70.8 Å². The van der Waals surface area contributed by atoms with E-state index in [4.69, 9.17) is 11.6 Å². The van der Waals surface area contributed by atoms with Gasteiger partial charge in [0.25, 0.3) is 0 Å². The molecule has 2 N–H and O–H groups in total. The Kier molecular flexibility index (Phi) is 8.39. The van der Waals surface area contributed by atoms with Gasteiger partial charge in [-0.3, -0.25) is 0 Å². The molecular weight excluding hydrogens is 340 g/mol. The molecule has 5 nitrogen and oxygen atoms in total. The SMILES string of the molecule is CC(C)=CCC/C(C)=C/CC[C@@](C)(Cl)[C@H](O)Cc1c[nH]c([N+](=O)[O-])c1. The van der Waals surface area contributed by atoms with Crippen LogP contribution in [0.4, 0.5) is 5.82 Å². The van der Waals surface area contributed by atoms with Crippen LogP contribution in [0.15, 0.2) is 35.6 Å². The van der Waals surface area contributed by atoms with Gasteiger partial charge in [0, 0.05) is 18.1 Å². The maximum Gasteiger partial charge on any atom is 0.321 e. The van der Waals surface area contributed by atoms with Crippen molar-refractivity contribution < 1.29 is 10.0 Å². The van der Waals surface area contributed by atoms with Gasteiger partial charge in [-0.25, -0.2) is 4.98 Å². The molecule has 0 bridgehead atoms. The molecule has 0 amide bonds. The van der Waals surface area contributed by atoms with Gasteiger partial charge in [-0.2, -0.15) is 0 Å². The van der Waals surface area contributed by atoms with Gasteiger partial charge in [-0.1, -0.05) is 23.3 Å². The van der Waals surface area contributed by atoms with Crippen molar-refractivity contribution in [3.8, 4) is 0 Å². The second-order valence-corrected chi connectivity index (χ2v) is 7.92. The van der Waals surface area contributed by atoms with Crippen LogP contribution in [0.1, 0.15) is 58.9 Å². The van der Waals surface area contributed by atoms with Gasteiger partial charge in [0.05, 0.1) is 17.2 Å². The molecule has 1 heterocycles. The summed E-state index contributed by atoms with van der Waals surface area (Å²) < 4.78 is 0. The number of aliphatic hydroxyl groups is 1. The zero-order valence-electron chi connectivity index (χ0n) is 15.5. The van der Waals surface area contributed by atoms with E-state index in [1.807, 2.05) is 6.92 Å². The van der Waals surface area contributed by atoms with Gasteiger partial charge in [-0.05, 0) is 58.3 Å². The third-order valence-corrected chi connectivity index (χ3v) is 4.71. The molecule has 6 heteroatoms. The third-order valence-electron chi connectivity index (χ3n) is 4.27. The molecule has 0 spiro atoms. The Bertz CT molecular complexity index is 628. The molecule has 1 rings (SSSR count). The fraction of sp³-hybridized carbons (Fsp3) is 0.579. The van der Waals surface area contributed by atoms with E-state index in [-0.39, 0.29) is 12.2 Å². The second-order valence-electron chi connectivity index (χ2n) is 7.06. The average molecular weight is 369 g/mol. The third kappa shape index (κ3) is 7.88. The Morgan fingerprint density at radius 3 is 2.64 bits per heavy atom. The van der Waals surface area contributed by atoms with Crippen LogP contribution in [0, 0.1) is 10.1 Å². The molecule has 1 aromatic heterocycles. The van der Waals surface area contributed by atoms with Crippen LogP contribution in [0.2, 0.25) is 0 Å². The lowest BCUT2D eigenvalue weighted by Crippen LogP contribution is -2.35. The minimum Gasteiger partial charge on any atom is -0.391 e. The number of allylic oxidation sites excluding steroid dienone is 4. The zero-order chi connectivity index (χ0) is 19.0. The number of aliphatic hydroxyl groups excluding tert-OH is 1. The predicted molar refractivity (Wildman–Crippen MR) is 103 cm³/mol. The summed E-state index contributed by atoms with van der Waals surface area (Å²) in [6.07, 6.45) is 8.96. The maximum absolute atomic E-state index is 10.7. The van der Waals surface area contributed by atoms with E-state index in [1.54, 1.807) is 6.20 Å². The summed E-state index contributed by atoms with van der Waals surface area (Å²) in [5.41, 5.74) is 3.33. The summed E-state index contributed by atoms with van der Waals surface area (Å²) >= 11 is 6.50. The highest BCUT2D eigenvalue weighted by Crippen LogP contribution is 2.29. The predicted octanol–water partition coefficient (Wildman–Crippen LogP) is 5.30. The number of nitrogens with zero attached hydrogens (tertiary/aromatic N) is 1. The summed E-state index contributed by atoms with van der Waals surface area (Å²) in [4.78, 5) is 12.0. The van der Waals surface area contributed by atoms with Gasteiger partial charge in [0.1, 0.15) is 0 Å². The lowest BCUT2D eigenvalue weighted by atomic mass is 9.93. The van der Waals surface area contributed by atoms with Crippen molar-refractivity contribution in [2.75, 3.05) is 0 Å². The molecule has 0 saturated heterocycles. The molecule has 2 atom stereocenters. The molecule has 0 unspecified atom stereocenters. The zero-order valence-corrected chi connectivity index (χ0v) is 16.3. The lowest BCUT2D eigenvalue weighted by molar-refractivity contribution is -0.389. The van der Waals surface area contributed by atoms with Crippen molar-refractivity contribution in [3.05, 3.63) is 51.2 Å². The Labute approximate surface area is 154 Å². The standard InChI is InChI=1S/C19H29ClN2O3/c1-14(2)7-5-8-15(3)9-6-10-19(4,20)17(23)11-16-12-18(21-13-16)22(24)25/h7,9,12-13,17,21,23H,5-6,8,10-11H2,1-4H3/b15-9+/t17-,19-/m1/s1. The van der Waals surface area contributed by atoms with E-state index in [0.29, 0.717) is 12.0 Å². The van der Waals surface area contributed by atoms with Gasteiger partial charge in [0.15, 0.2) is 0 Å². The highest BCUT2D eigenvalue weighted by atomic mass is 35.5. The van der Waals surface area contributed by atoms with Crippen molar-refractivity contribution in [3.63, 3.8) is 0 Å². The number of nitro groups is 1. The minimum absolute atomic E-state index is 0.0756. The lowest BCUT2D eigenvalue weighted by Gasteiger charge is -2.27. The number of aromatic nitrogens is 1. The summed E-state index contributed by atoms with van der Waals surface area (Å²) in [7, 11) is 0. The van der Waals surface area contributed by atoms with Crippen molar-refractivity contribution >= 4 is 17.4 Å². The van der Waals surface area contributed by atoms with Crippen LogP contribution in [-0.4, -0.2) is 26.0 Å². The Morgan fingerprint density at radius 1 is 1.40 bits per heavy atom. The van der Waals surface area contributed by atoms with Crippen LogP contribution in [0.3, 0.4) is 0 Å². The number of rotatable bonds is 10. The minimum atomic E-state index is -0.775. The van der Waals surface area contributed by atoms with E-state index < -0.39 is 15.9 Å². The highest BCUT2D eigenvalue weighted by Gasteiger charge is 2.30. The average Bonchev–Trinajstić information content (AvgIpc) is 2.95. The normalized spacial score (nSPS) is 15.5. The second kappa shape index (κ2) is 9.78. The molecule has 1 aromatic rings. The van der Waals surface area contributed by atoms with Gasteiger partial charge in [-0.15, -0.1) is 11.6 Å². The molecule has 0 aliphatic carbocycles. The number of halogens is 1. The fourth-order valence-electron chi connectivity index (χ4n) is 2.54. The number of nitrogens with one attached hydrogen (secondary N) is 1. The van der Waals surface area contributed by atoms with Crippen LogP contribution >= 0.6 is 11.6 Å². The van der Waals surface area contributed by atoms with Crippen LogP contribution in [-0.2, 0) is 6.42 Å².